The molecular weight excluding hydrogens is 360 g/mol. The number of benzene rings is 1. The van der Waals surface area contributed by atoms with Gasteiger partial charge in [0.1, 0.15) is 0 Å². The van der Waals surface area contributed by atoms with Gasteiger partial charge in [-0.1, -0.05) is 50.9 Å². The largest absolute Gasteiger partial charge is 0.416 e. The average Bonchev–Trinajstić information content (AvgIpc) is 2.76. The van der Waals surface area contributed by atoms with Gasteiger partial charge in [0.05, 0.1) is 27.5 Å². The monoisotopic (exact) mass is 376 g/mol. The Balaban J connectivity index is 2.12. The molecule has 0 bridgehead atoms. The molecule has 1 heterocycles. The van der Waals surface area contributed by atoms with Crippen LogP contribution in [0.15, 0.2) is 18.3 Å². The summed E-state index contributed by atoms with van der Waals surface area (Å²) >= 11 is 12.3. The standard InChI is InChI=1S/C17H17Cl2F3N2/c1-15(2)14(16(15,3)4)9-7-23-24-13(9)12-10(18)5-8(6-11(12)19)17(20,21)22/h5-7,14H,1-4H3,(H,23,24). The Kier molecular flexibility index (Phi) is 3.78. The van der Waals surface area contributed by atoms with Crippen LogP contribution in [0, 0.1) is 10.8 Å². The van der Waals surface area contributed by atoms with Gasteiger partial charge in [-0.3, -0.25) is 5.10 Å². The molecule has 1 N–H and O–H groups in total. The van der Waals surface area contributed by atoms with Crippen molar-refractivity contribution in [1.82, 2.24) is 10.2 Å². The molecule has 0 amide bonds. The van der Waals surface area contributed by atoms with Crippen molar-refractivity contribution in [2.24, 2.45) is 10.8 Å². The topological polar surface area (TPSA) is 28.7 Å². The Hall–Kier alpha value is -1.20. The molecule has 24 heavy (non-hydrogen) atoms. The average molecular weight is 377 g/mol. The van der Waals surface area contributed by atoms with E-state index in [0.717, 1.165) is 17.7 Å². The number of H-pyrrole nitrogens is 1. The van der Waals surface area contributed by atoms with Crippen molar-refractivity contribution >= 4 is 23.2 Å². The van der Waals surface area contributed by atoms with Gasteiger partial charge in [0.2, 0.25) is 0 Å². The summed E-state index contributed by atoms with van der Waals surface area (Å²) < 4.78 is 38.7. The summed E-state index contributed by atoms with van der Waals surface area (Å²) in [5.41, 5.74) is 1.11. The maximum Gasteiger partial charge on any atom is 0.416 e. The second-order valence-corrected chi connectivity index (χ2v) is 8.20. The van der Waals surface area contributed by atoms with Crippen LogP contribution in [0.3, 0.4) is 0 Å². The van der Waals surface area contributed by atoms with Crippen molar-refractivity contribution < 1.29 is 13.2 Å². The van der Waals surface area contributed by atoms with Crippen LogP contribution >= 0.6 is 23.2 Å². The lowest BCUT2D eigenvalue weighted by Crippen LogP contribution is -2.05. The first-order valence-corrected chi connectivity index (χ1v) is 8.24. The predicted molar refractivity (Wildman–Crippen MR) is 89.3 cm³/mol. The lowest BCUT2D eigenvalue weighted by Gasteiger charge is -2.13. The first-order valence-electron chi connectivity index (χ1n) is 7.49. The molecule has 7 heteroatoms. The zero-order chi connectivity index (χ0) is 18.1. The maximum absolute atomic E-state index is 12.9. The van der Waals surface area contributed by atoms with E-state index in [-0.39, 0.29) is 26.8 Å². The van der Waals surface area contributed by atoms with Gasteiger partial charge in [-0.2, -0.15) is 18.3 Å². The van der Waals surface area contributed by atoms with Crippen LogP contribution < -0.4 is 0 Å². The highest BCUT2D eigenvalue weighted by molar-refractivity contribution is 6.39. The van der Waals surface area contributed by atoms with Crippen molar-refractivity contribution in [2.75, 3.05) is 0 Å². The van der Waals surface area contributed by atoms with Crippen LogP contribution in [0.25, 0.3) is 11.3 Å². The molecule has 130 valence electrons. The van der Waals surface area contributed by atoms with Gasteiger partial charge >= 0.3 is 6.18 Å². The summed E-state index contributed by atoms with van der Waals surface area (Å²) in [6.07, 6.45) is -2.79. The van der Waals surface area contributed by atoms with E-state index in [4.69, 9.17) is 23.2 Å². The minimum atomic E-state index is -4.50. The van der Waals surface area contributed by atoms with Gasteiger partial charge in [-0.15, -0.1) is 0 Å². The van der Waals surface area contributed by atoms with E-state index < -0.39 is 11.7 Å². The van der Waals surface area contributed by atoms with E-state index in [2.05, 4.69) is 37.9 Å². The molecule has 0 radical (unpaired) electrons. The molecule has 1 saturated carbocycles. The van der Waals surface area contributed by atoms with E-state index in [1.54, 1.807) is 6.20 Å². The smallest absolute Gasteiger partial charge is 0.277 e. The van der Waals surface area contributed by atoms with Crippen molar-refractivity contribution in [2.45, 2.75) is 39.8 Å². The molecule has 0 atom stereocenters. The highest BCUT2D eigenvalue weighted by Gasteiger charge is 2.66. The van der Waals surface area contributed by atoms with E-state index in [1.807, 2.05) is 0 Å². The molecule has 0 unspecified atom stereocenters. The van der Waals surface area contributed by atoms with E-state index in [9.17, 15) is 13.2 Å². The SMILES string of the molecule is CC1(C)C(c2cn[nH]c2-c2c(Cl)cc(C(F)(F)F)cc2Cl)C1(C)C. The van der Waals surface area contributed by atoms with Crippen LogP contribution in [-0.4, -0.2) is 10.2 Å². The lowest BCUT2D eigenvalue weighted by molar-refractivity contribution is -0.137. The number of hydrogen-bond acceptors (Lipinski definition) is 1. The number of halogens is 5. The Bertz CT molecular complexity index is 769. The molecular formula is C17H17Cl2F3N2. The van der Waals surface area contributed by atoms with Crippen LogP contribution in [0.4, 0.5) is 13.2 Å². The Morgan fingerprint density at radius 1 is 1.04 bits per heavy atom. The quantitative estimate of drug-likeness (QED) is 0.632. The third kappa shape index (κ3) is 2.44. The zero-order valence-corrected chi connectivity index (χ0v) is 15.2. The van der Waals surface area contributed by atoms with E-state index in [1.165, 1.54) is 0 Å². The number of nitrogens with one attached hydrogen (secondary N) is 1. The summed E-state index contributed by atoms with van der Waals surface area (Å²) in [6, 6.07) is 1.80. The summed E-state index contributed by atoms with van der Waals surface area (Å²) in [6.45, 7) is 8.63. The lowest BCUT2D eigenvalue weighted by atomic mass is 9.99. The molecule has 2 nitrogen and oxygen atoms in total. The fourth-order valence-corrected chi connectivity index (χ4v) is 4.34. The molecule has 0 aliphatic heterocycles. The van der Waals surface area contributed by atoms with E-state index in [0.29, 0.717) is 11.3 Å². The molecule has 1 aliphatic rings. The first kappa shape index (κ1) is 17.6. The molecule has 0 spiro atoms. The number of rotatable bonds is 2. The number of alkyl halides is 3. The highest BCUT2D eigenvalue weighted by Crippen LogP contribution is 2.74. The number of hydrogen-bond donors (Lipinski definition) is 1. The van der Waals surface area contributed by atoms with Gasteiger partial charge in [0, 0.05) is 11.1 Å². The summed E-state index contributed by atoms with van der Waals surface area (Å²) in [5, 5.41) is 6.85. The minimum absolute atomic E-state index is 0.0448. The Labute approximate surface area is 148 Å². The van der Waals surface area contributed by atoms with Crippen LogP contribution in [-0.2, 0) is 6.18 Å². The summed E-state index contributed by atoms with van der Waals surface area (Å²) in [5.74, 6) is 0.216. The normalized spacial score (nSPS) is 19.5. The fraction of sp³-hybridized carbons (Fsp3) is 0.471. The van der Waals surface area contributed by atoms with Gasteiger partial charge in [0.15, 0.2) is 0 Å². The predicted octanol–water partition coefficient (Wildman–Crippen LogP) is 6.55. The molecule has 1 aromatic heterocycles. The third-order valence-electron chi connectivity index (χ3n) is 5.62. The Morgan fingerprint density at radius 2 is 1.54 bits per heavy atom. The molecule has 1 aliphatic carbocycles. The third-order valence-corrected chi connectivity index (χ3v) is 6.22. The molecule has 1 aromatic carbocycles. The summed E-state index contributed by atoms with van der Waals surface area (Å²) in [4.78, 5) is 0. The molecule has 2 aromatic rings. The molecule has 1 fully saturated rings. The highest BCUT2D eigenvalue weighted by atomic mass is 35.5. The number of nitrogens with zero attached hydrogens (tertiary/aromatic N) is 1. The molecule has 0 saturated heterocycles. The van der Waals surface area contributed by atoms with Crippen LogP contribution in [0.1, 0.15) is 44.7 Å². The summed E-state index contributed by atoms with van der Waals surface area (Å²) in [7, 11) is 0. The van der Waals surface area contributed by atoms with Crippen LogP contribution in [0.2, 0.25) is 10.0 Å². The fourth-order valence-electron chi connectivity index (χ4n) is 3.66. The maximum atomic E-state index is 12.9. The van der Waals surface area contributed by atoms with Crippen molar-refractivity contribution in [3.63, 3.8) is 0 Å². The van der Waals surface area contributed by atoms with Crippen molar-refractivity contribution in [1.29, 1.82) is 0 Å². The minimum Gasteiger partial charge on any atom is -0.277 e. The second kappa shape index (κ2) is 5.15. The van der Waals surface area contributed by atoms with Gasteiger partial charge in [-0.05, 0) is 28.9 Å². The van der Waals surface area contributed by atoms with Crippen LogP contribution in [0.5, 0.6) is 0 Å². The molecule has 3 rings (SSSR count). The van der Waals surface area contributed by atoms with Gasteiger partial charge in [-0.25, -0.2) is 0 Å². The number of aromatic amines is 1. The van der Waals surface area contributed by atoms with Gasteiger partial charge < -0.3 is 0 Å². The Morgan fingerprint density at radius 3 is 1.96 bits per heavy atom. The van der Waals surface area contributed by atoms with Crippen molar-refractivity contribution in [3.8, 4) is 11.3 Å². The van der Waals surface area contributed by atoms with Crippen molar-refractivity contribution in [3.05, 3.63) is 39.5 Å². The first-order chi connectivity index (χ1) is 10.9. The van der Waals surface area contributed by atoms with Gasteiger partial charge in [0.25, 0.3) is 0 Å². The zero-order valence-electron chi connectivity index (χ0n) is 13.6. The number of aromatic nitrogens is 2. The van der Waals surface area contributed by atoms with E-state index >= 15 is 0 Å². The second-order valence-electron chi connectivity index (χ2n) is 7.39.